The average molecular weight is 379 g/mol. The Bertz CT molecular complexity index is 993. The van der Waals surface area contributed by atoms with Gasteiger partial charge in [-0.25, -0.2) is 14.4 Å². The summed E-state index contributed by atoms with van der Waals surface area (Å²) in [7, 11) is 0. The Morgan fingerprint density at radius 3 is 2.71 bits per heavy atom. The lowest BCUT2D eigenvalue weighted by Crippen LogP contribution is -2.47. The fourth-order valence-corrected chi connectivity index (χ4v) is 4.21. The molecule has 0 spiro atoms. The Morgan fingerprint density at radius 1 is 1.04 bits per heavy atom. The molecular weight excluding hydrogens is 357 g/mol. The normalized spacial score (nSPS) is 22.6. The maximum absolute atomic E-state index is 13.9. The van der Waals surface area contributed by atoms with Crippen molar-refractivity contribution in [1.29, 1.82) is 0 Å². The smallest absolute Gasteiger partial charge is 0.151 e. The van der Waals surface area contributed by atoms with Crippen LogP contribution in [0.3, 0.4) is 0 Å². The van der Waals surface area contributed by atoms with Crippen molar-refractivity contribution in [1.82, 2.24) is 15.0 Å². The number of benzene rings is 1. The van der Waals surface area contributed by atoms with Gasteiger partial charge < -0.3 is 14.9 Å². The Kier molecular flexibility index (Phi) is 4.31. The van der Waals surface area contributed by atoms with Crippen molar-refractivity contribution >= 4 is 22.5 Å². The number of pyridine rings is 1. The van der Waals surface area contributed by atoms with Crippen LogP contribution in [0.15, 0.2) is 48.8 Å². The summed E-state index contributed by atoms with van der Waals surface area (Å²) >= 11 is 0. The second kappa shape index (κ2) is 6.98. The van der Waals surface area contributed by atoms with E-state index in [1.807, 2.05) is 29.2 Å². The second-order valence-electron chi connectivity index (χ2n) is 7.55. The minimum atomic E-state index is -0.938. The van der Waals surface area contributed by atoms with Gasteiger partial charge in [-0.2, -0.15) is 0 Å². The highest BCUT2D eigenvalue weighted by atomic mass is 19.1. The van der Waals surface area contributed by atoms with Crippen molar-refractivity contribution in [3.05, 3.63) is 54.5 Å². The molecule has 7 heteroatoms. The van der Waals surface area contributed by atoms with Crippen LogP contribution in [0.25, 0.3) is 10.9 Å². The standard InChI is InChI=1S/C21H22FN5O/c22-16-9-17(13-28)27(12-16)21-20(23-7-8-24-21)15-10-26(11-15)19-6-5-14-3-1-2-4-18(14)25-19/h1-8,15-17,28H,9-13H2. The Balaban J connectivity index is 1.36. The van der Waals surface area contributed by atoms with Crippen LogP contribution in [-0.4, -0.2) is 58.5 Å². The molecule has 0 bridgehead atoms. The first-order chi connectivity index (χ1) is 13.7. The van der Waals surface area contributed by atoms with Crippen LogP contribution in [0.2, 0.25) is 0 Å². The summed E-state index contributed by atoms with van der Waals surface area (Å²) in [6.07, 6.45) is 2.73. The molecule has 2 saturated heterocycles. The van der Waals surface area contributed by atoms with Crippen molar-refractivity contribution in [2.45, 2.75) is 24.6 Å². The Labute approximate surface area is 162 Å². The molecule has 0 aliphatic carbocycles. The minimum Gasteiger partial charge on any atom is -0.394 e. The summed E-state index contributed by atoms with van der Waals surface area (Å²) < 4.78 is 13.9. The molecule has 2 aliphatic heterocycles. The van der Waals surface area contributed by atoms with Gasteiger partial charge in [0, 0.05) is 43.2 Å². The van der Waals surface area contributed by atoms with Crippen LogP contribution in [0, 0.1) is 0 Å². The van der Waals surface area contributed by atoms with Gasteiger partial charge in [0.25, 0.3) is 0 Å². The van der Waals surface area contributed by atoms with Crippen molar-refractivity contribution in [3.8, 4) is 0 Å². The minimum absolute atomic E-state index is 0.0752. The molecule has 0 saturated carbocycles. The third-order valence-corrected chi connectivity index (χ3v) is 5.73. The lowest BCUT2D eigenvalue weighted by Gasteiger charge is -2.41. The zero-order valence-electron chi connectivity index (χ0n) is 15.4. The summed E-state index contributed by atoms with van der Waals surface area (Å²) in [5.41, 5.74) is 1.87. The first kappa shape index (κ1) is 17.3. The number of halogens is 1. The van der Waals surface area contributed by atoms with E-state index in [9.17, 15) is 9.50 Å². The predicted octanol–water partition coefficient (Wildman–Crippen LogP) is 2.54. The highest BCUT2D eigenvalue weighted by molar-refractivity contribution is 5.80. The number of aromatic nitrogens is 3. The summed E-state index contributed by atoms with van der Waals surface area (Å²) in [4.78, 5) is 17.9. The number of anilines is 2. The summed E-state index contributed by atoms with van der Waals surface area (Å²) in [5.74, 6) is 1.88. The van der Waals surface area contributed by atoms with E-state index in [1.54, 1.807) is 12.4 Å². The maximum atomic E-state index is 13.9. The number of hydrogen-bond acceptors (Lipinski definition) is 6. The third-order valence-electron chi connectivity index (χ3n) is 5.73. The quantitative estimate of drug-likeness (QED) is 0.752. The lowest BCUT2D eigenvalue weighted by molar-refractivity contribution is 0.255. The van der Waals surface area contributed by atoms with Gasteiger partial charge in [-0.05, 0) is 18.2 Å². The molecule has 6 nitrogen and oxygen atoms in total. The predicted molar refractivity (Wildman–Crippen MR) is 106 cm³/mol. The van der Waals surface area contributed by atoms with E-state index in [1.165, 1.54) is 0 Å². The number of aliphatic hydroxyl groups excluding tert-OH is 1. The van der Waals surface area contributed by atoms with Crippen LogP contribution < -0.4 is 9.80 Å². The molecule has 2 fully saturated rings. The molecule has 2 unspecified atom stereocenters. The topological polar surface area (TPSA) is 65.4 Å². The van der Waals surface area contributed by atoms with E-state index >= 15 is 0 Å². The first-order valence-corrected chi connectivity index (χ1v) is 9.66. The summed E-state index contributed by atoms with van der Waals surface area (Å²) in [6.45, 7) is 1.79. The van der Waals surface area contributed by atoms with Gasteiger partial charge in [0.2, 0.25) is 0 Å². The highest BCUT2D eigenvalue weighted by Crippen LogP contribution is 2.36. The molecule has 5 rings (SSSR count). The third kappa shape index (κ3) is 2.96. The second-order valence-corrected chi connectivity index (χ2v) is 7.55. The number of fused-ring (bicyclic) bond motifs is 1. The van der Waals surface area contributed by atoms with Gasteiger partial charge in [0.05, 0.1) is 30.4 Å². The first-order valence-electron chi connectivity index (χ1n) is 9.66. The molecule has 1 N–H and O–H groups in total. The van der Waals surface area contributed by atoms with Gasteiger partial charge >= 0.3 is 0 Å². The van der Waals surface area contributed by atoms with Gasteiger partial charge in [-0.1, -0.05) is 18.2 Å². The molecule has 2 aliphatic rings. The van der Waals surface area contributed by atoms with Crippen molar-refractivity contribution in [2.24, 2.45) is 0 Å². The number of aliphatic hydroxyl groups is 1. The van der Waals surface area contributed by atoms with E-state index in [-0.39, 0.29) is 25.1 Å². The maximum Gasteiger partial charge on any atom is 0.151 e. The zero-order chi connectivity index (χ0) is 19.1. The van der Waals surface area contributed by atoms with Gasteiger partial charge in [0.1, 0.15) is 12.0 Å². The van der Waals surface area contributed by atoms with Crippen LogP contribution in [-0.2, 0) is 0 Å². The molecule has 0 radical (unpaired) electrons. The van der Waals surface area contributed by atoms with E-state index in [0.29, 0.717) is 12.2 Å². The van der Waals surface area contributed by atoms with Crippen molar-refractivity contribution < 1.29 is 9.50 Å². The number of alkyl halides is 1. The van der Waals surface area contributed by atoms with Crippen molar-refractivity contribution in [2.75, 3.05) is 36.0 Å². The fourth-order valence-electron chi connectivity index (χ4n) is 4.21. The molecule has 28 heavy (non-hydrogen) atoms. The van der Waals surface area contributed by atoms with Gasteiger partial charge in [-0.3, -0.25) is 4.98 Å². The number of hydrogen-bond donors (Lipinski definition) is 1. The summed E-state index contributed by atoms with van der Waals surface area (Å²) in [6, 6.07) is 12.0. The molecule has 1 aromatic carbocycles. The highest BCUT2D eigenvalue weighted by Gasteiger charge is 2.38. The molecule has 2 atom stereocenters. The number of para-hydroxylation sites is 1. The average Bonchev–Trinajstić information content (AvgIpc) is 3.08. The molecule has 144 valence electrons. The van der Waals surface area contributed by atoms with Gasteiger partial charge in [-0.15, -0.1) is 0 Å². The van der Waals surface area contributed by atoms with Crippen LogP contribution in [0.4, 0.5) is 16.0 Å². The lowest BCUT2D eigenvalue weighted by atomic mass is 9.95. The molecule has 2 aromatic heterocycles. The Hall–Kier alpha value is -2.80. The molecular formula is C21H22FN5O. The Morgan fingerprint density at radius 2 is 1.86 bits per heavy atom. The van der Waals surface area contributed by atoms with Crippen LogP contribution in [0.5, 0.6) is 0 Å². The molecule has 4 heterocycles. The van der Waals surface area contributed by atoms with E-state index in [2.05, 4.69) is 27.0 Å². The number of rotatable bonds is 4. The fraction of sp³-hybridized carbons (Fsp3) is 0.381. The van der Waals surface area contributed by atoms with Crippen molar-refractivity contribution in [3.63, 3.8) is 0 Å². The van der Waals surface area contributed by atoms with Crippen LogP contribution >= 0.6 is 0 Å². The monoisotopic (exact) mass is 379 g/mol. The largest absolute Gasteiger partial charge is 0.394 e. The van der Waals surface area contributed by atoms with E-state index in [0.717, 1.165) is 35.5 Å². The number of nitrogens with zero attached hydrogens (tertiary/aromatic N) is 5. The zero-order valence-corrected chi connectivity index (χ0v) is 15.4. The van der Waals surface area contributed by atoms with E-state index in [4.69, 9.17) is 4.98 Å². The molecule has 3 aromatic rings. The summed E-state index contributed by atoms with van der Waals surface area (Å²) in [5, 5.41) is 10.7. The van der Waals surface area contributed by atoms with E-state index < -0.39 is 6.17 Å². The SMILES string of the molecule is OCC1CC(F)CN1c1nccnc1C1CN(c2ccc3ccccc3n2)C1. The van der Waals surface area contributed by atoms with Gasteiger partial charge in [0.15, 0.2) is 5.82 Å². The van der Waals surface area contributed by atoms with Crippen LogP contribution in [0.1, 0.15) is 18.0 Å². The molecule has 0 amide bonds.